The van der Waals surface area contributed by atoms with Gasteiger partial charge in [0.05, 0.1) is 22.4 Å². The number of alkyl halides is 2. The second-order valence-electron chi connectivity index (χ2n) is 16.4. The van der Waals surface area contributed by atoms with E-state index in [0.29, 0.717) is 18.0 Å². The SMILES string of the molecule is CC(C)(C)c1cc(N2CN(c3ccccc3)c3ccccc32)cc(C(F)(F)c2ccc3c4ccccc4n(-c4cc(C(C)(C)c5ccccc5)ccn4)c3c2)c1. The largest absolute Gasteiger partial charge is 0.321 e. The number of pyridine rings is 1. The molecule has 0 saturated heterocycles. The van der Waals surface area contributed by atoms with E-state index in [1.165, 1.54) is 5.56 Å². The Morgan fingerprint density at radius 1 is 0.482 bits per heavy atom. The molecule has 278 valence electrons. The van der Waals surface area contributed by atoms with Gasteiger partial charge >= 0.3 is 0 Å². The summed E-state index contributed by atoms with van der Waals surface area (Å²) in [4.78, 5) is 9.22. The van der Waals surface area contributed by atoms with Crippen LogP contribution in [0.2, 0.25) is 0 Å². The minimum Gasteiger partial charge on any atom is -0.321 e. The second-order valence-corrected chi connectivity index (χ2v) is 16.4. The van der Waals surface area contributed by atoms with Crippen LogP contribution in [0.1, 0.15) is 62.4 Å². The zero-order chi connectivity index (χ0) is 38.8. The molecule has 9 rings (SSSR count). The number of fused-ring (bicyclic) bond motifs is 4. The molecular formula is C50H44F2N4. The van der Waals surface area contributed by atoms with E-state index in [-0.39, 0.29) is 22.0 Å². The van der Waals surface area contributed by atoms with Crippen molar-refractivity contribution in [3.8, 4) is 5.82 Å². The molecule has 8 aromatic rings. The van der Waals surface area contributed by atoms with Crippen LogP contribution in [0.5, 0.6) is 0 Å². The summed E-state index contributed by atoms with van der Waals surface area (Å²) < 4.78 is 36.9. The summed E-state index contributed by atoms with van der Waals surface area (Å²) in [6.45, 7) is 11.1. The number of para-hydroxylation sites is 4. The van der Waals surface area contributed by atoms with Gasteiger partial charge in [-0.05, 0) is 88.8 Å². The predicted molar refractivity (Wildman–Crippen MR) is 227 cm³/mol. The Kier molecular flexibility index (Phi) is 8.35. The van der Waals surface area contributed by atoms with Crippen molar-refractivity contribution in [3.63, 3.8) is 0 Å². The van der Waals surface area contributed by atoms with Crippen LogP contribution in [0.15, 0.2) is 164 Å². The highest BCUT2D eigenvalue weighted by Gasteiger charge is 2.38. The van der Waals surface area contributed by atoms with Gasteiger partial charge in [0, 0.05) is 44.9 Å². The fourth-order valence-corrected chi connectivity index (χ4v) is 8.18. The first kappa shape index (κ1) is 35.4. The molecule has 0 N–H and O–H groups in total. The molecule has 1 aliphatic rings. The molecule has 0 saturated carbocycles. The molecule has 0 bridgehead atoms. The number of nitrogens with zero attached hydrogens (tertiary/aromatic N) is 4. The molecule has 0 atom stereocenters. The lowest BCUT2D eigenvalue weighted by Gasteiger charge is -2.28. The quantitative estimate of drug-likeness (QED) is 0.163. The first-order chi connectivity index (χ1) is 26.9. The maximum Gasteiger partial charge on any atom is 0.298 e. The molecule has 0 amide bonds. The number of aromatic nitrogens is 2. The zero-order valence-corrected chi connectivity index (χ0v) is 32.3. The standard InChI is InChI=1S/C50H44F2N4/c1-48(2,3)37-28-38(30-40(29-37)55-33-54(39-18-10-7-11-19-39)44-22-14-15-23-45(44)55)50(51,52)36-24-25-42-41-20-12-13-21-43(41)56(46(42)31-36)47-32-35(26-27-53-47)49(4,5)34-16-8-6-9-17-34/h6-32H,33H2,1-5H3. The van der Waals surface area contributed by atoms with Gasteiger partial charge in [-0.3, -0.25) is 4.57 Å². The topological polar surface area (TPSA) is 24.3 Å². The van der Waals surface area contributed by atoms with Gasteiger partial charge in [-0.15, -0.1) is 0 Å². The number of halogens is 2. The van der Waals surface area contributed by atoms with Crippen LogP contribution in [0.3, 0.4) is 0 Å². The lowest BCUT2D eigenvalue weighted by molar-refractivity contribution is 0.0428. The van der Waals surface area contributed by atoms with E-state index in [0.717, 1.165) is 50.2 Å². The monoisotopic (exact) mass is 738 g/mol. The third kappa shape index (κ3) is 5.92. The second kappa shape index (κ2) is 13.2. The number of benzene rings is 6. The average molecular weight is 739 g/mol. The Morgan fingerprint density at radius 3 is 1.80 bits per heavy atom. The van der Waals surface area contributed by atoms with E-state index in [4.69, 9.17) is 4.98 Å². The van der Waals surface area contributed by atoms with E-state index in [1.54, 1.807) is 24.3 Å². The van der Waals surface area contributed by atoms with E-state index in [2.05, 4.69) is 111 Å². The normalized spacial score (nSPS) is 13.5. The van der Waals surface area contributed by atoms with E-state index >= 15 is 8.78 Å². The van der Waals surface area contributed by atoms with Gasteiger partial charge < -0.3 is 9.80 Å². The van der Waals surface area contributed by atoms with Crippen molar-refractivity contribution >= 4 is 44.6 Å². The molecular weight excluding hydrogens is 695 g/mol. The Balaban J connectivity index is 1.18. The van der Waals surface area contributed by atoms with Crippen LogP contribution < -0.4 is 9.80 Å². The first-order valence-corrected chi connectivity index (χ1v) is 19.2. The lowest BCUT2D eigenvalue weighted by Crippen LogP contribution is -2.25. The third-order valence-electron chi connectivity index (χ3n) is 11.5. The van der Waals surface area contributed by atoms with Crippen molar-refractivity contribution in [1.82, 2.24) is 9.55 Å². The Hall–Kier alpha value is -6.27. The molecule has 0 aliphatic carbocycles. The number of rotatable bonds is 7. The molecule has 0 radical (unpaired) electrons. The summed E-state index contributed by atoms with van der Waals surface area (Å²) in [5.74, 6) is -2.63. The predicted octanol–water partition coefficient (Wildman–Crippen LogP) is 13.2. The summed E-state index contributed by atoms with van der Waals surface area (Å²) in [5.41, 5.74) is 7.72. The van der Waals surface area contributed by atoms with E-state index in [1.807, 2.05) is 77.5 Å². The molecule has 0 spiro atoms. The van der Waals surface area contributed by atoms with Crippen molar-refractivity contribution in [1.29, 1.82) is 0 Å². The van der Waals surface area contributed by atoms with E-state index in [9.17, 15) is 0 Å². The van der Waals surface area contributed by atoms with Gasteiger partial charge in [-0.1, -0.05) is 126 Å². The molecule has 6 aromatic carbocycles. The highest BCUT2D eigenvalue weighted by molar-refractivity contribution is 6.09. The highest BCUT2D eigenvalue weighted by Crippen LogP contribution is 2.47. The van der Waals surface area contributed by atoms with Crippen LogP contribution in [-0.2, 0) is 16.8 Å². The van der Waals surface area contributed by atoms with E-state index < -0.39 is 5.92 Å². The molecule has 3 heterocycles. The van der Waals surface area contributed by atoms with Crippen molar-refractivity contribution in [3.05, 3.63) is 192 Å². The minimum absolute atomic E-state index is 0.0395. The Bertz CT molecular complexity index is 2730. The van der Waals surface area contributed by atoms with Crippen molar-refractivity contribution in [2.75, 3.05) is 16.5 Å². The third-order valence-corrected chi connectivity index (χ3v) is 11.5. The highest BCUT2D eigenvalue weighted by atomic mass is 19.3. The Morgan fingerprint density at radius 2 is 1.09 bits per heavy atom. The number of anilines is 4. The van der Waals surface area contributed by atoms with Gasteiger partial charge in [0.2, 0.25) is 0 Å². The van der Waals surface area contributed by atoms with Gasteiger partial charge in [-0.25, -0.2) is 4.98 Å². The van der Waals surface area contributed by atoms with Crippen molar-refractivity contribution in [2.24, 2.45) is 0 Å². The van der Waals surface area contributed by atoms with Gasteiger partial charge in [0.1, 0.15) is 12.5 Å². The van der Waals surface area contributed by atoms with Crippen LogP contribution >= 0.6 is 0 Å². The summed E-state index contributed by atoms with van der Waals surface area (Å²) in [5, 5.41) is 1.88. The number of hydrogen-bond acceptors (Lipinski definition) is 3. The fourth-order valence-electron chi connectivity index (χ4n) is 8.18. The van der Waals surface area contributed by atoms with Gasteiger partial charge in [0.15, 0.2) is 0 Å². The summed E-state index contributed by atoms with van der Waals surface area (Å²) in [6, 6.07) is 51.5. The maximum atomic E-state index is 17.4. The van der Waals surface area contributed by atoms with Crippen LogP contribution in [-0.4, -0.2) is 16.2 Å². The van der Waals surface area contributed by atoms with Gasteiger partial charge in [0.25, 0.3) is 5.92 Å². The molecule has 2 aromatic heterocycles. The smallest absolute Gasteiger partial charge is 0.298 e. The van der Waals surface area contributed by atoms with Crippen LogP contribution in [0, 0.1) is 0 Å². The lowest BCUT2D eigenvalue weighted by atomic mass is 9.78. The molecule has 6 heteroatoms. The first-order valence-electron chi connectivity index (χ1n) is 19.2. The summed E-state index contributed by atoms with van der Waals surface area (Å²) >= 11 is 0. The summed E-state index contributed by atoms with van der Waals surface area (Å²) in [7, 11) is 0. The molecule has 4 nitrogen and oxygen atoms in total. The molecule has 1 aliphatic heterocycles. The average Bonchev–Trinajstić information content (AvgIpc) is 3.77. The number of hydrogen-bond donors (Lipinski definition) is 0. The van der Waals surface area contributed by atoms with Crippen molar-refractivity contribution in [2.45, 2.75) is 51.4 Å². The fraction of sp³-hybridized carbons (Fsp3) is 0.180. The maximum absolute atomic E-state index is 17.4. The van der Waals surface area contributed by atoms with Gasteiger partial charge in [-0.2, -0.15) is 8.78 Å². The molecule has 56 heavy (non-hydrogen) atoms. The minimum atomic E-state index is -3.31. The van der Waals surface area contributed by atoms with Crippen LogP contribution in [0.4, 0.5) is 31.5 Å². The molecule has 0 fully saturated rings. The summed E-state index contributed by atoms with van der Waals surface area (Å²) in [6.07, 6.45) is 1.82. The van der Waals surface area contributed by atoms with Crippen molar-refractivity contribution < 1.29 is 8.78 Å². The zero-order valence-electron chi connectivity index (χ0n) is 32.3. The van der Waals surface area contributed by atoms with Crippen LogP contribution in [0.25, 0.3) is 27.6 Å². The molecule has 0 unspecified atom stereocenters. The Labute approximate surface area is 327 Å².